The number of nitrogens with one attached hydrogen (secondary N) is 1. The van der Waals surface area contributed by atoms with Crippen LogP contribution in [0, 0.1) is 5.92 Å². The maximum Gasteiger partial charge on any atom is 0.248 e. The van der Waals surface area contributed by atoms with Crippen LogP contribution < -0.4 is 10.1 Å². The molecule has 112 valence electrons. The van der Waals surface area contributed by atoms with Crippen LogP contribution in [0.5, 0.6) is 5.75 Å². The third kappa shape index (κ3) is 3.48. The second-order valence-corrected chi connectivity index (χ2v) is 5.47. The molecule has 0 saturated heterocycles. The first-order valence-electron chi connectivity index (χ1n) is 7.31. The van der Waals surface area contributed by atoms with E-state index in [9.17, 15) is 8.78 Å². The van der Waals surface area contributed by atoms with E-state index in [2.05, 4.69) is 5.32 Å². The molecular weight excluding hydrogens is 260 g/mol. The largest absolute Gasteiger partial charge is 0.496 e. The number of rotatable bonds is 5. The Kier molecular flexibility index (Phi) is 4.97. The summed E-state index contributed by atoms with van der Waals surface area (Å²) in [6, 6.07) is 7.95. The summed E-state index contributed by atoms with van der Waals surface area (Å²) < 4.78 is 32.1. The molecule has 1 aromatic rings. The monoisotopic (exact) mass is 283 g/mol. The number of para-hydroxylation sites is 1. The van der Waals surface area contributed by atoms with Crippen molar-refractivity contribution in [2.45, 2.75) is 44.6 Å². The highest BCUT2D eigenvalue weighted by Gasteiger charge is 2.38. The van der Waals surface area contributed by atoms with Gasteiger partial charge in [0.25, 0.3) is 0 Å². The fourth-order valence-corrected chi connectivity index (χ4v) is 3.07. The molecule has 0 heterocycles. The quantitative estimate of drug-likeness (QED) is 0.875. The van der Waals surface area contributed by atoms with E-state index in [1.165, 1.54) is 0 Å². The molecule has 2 nitrogen and oxygen atoms in total. The molecule has 2 rings (SSSR count). The number of ether oxygens (including phenoxy) is 1. The van der Waals surface area contributed by atoms with Crippen LogP contribution in [0.25, 0.3) is 0 Å². The summed E-state index contributed by atoms with van der Waals surface area (Å²) in [6.07, 6.45) is 1.11. The van der Waals surface area contributed by atoms with Crippen molar-refractivity contribution in [1.82, 2.24) is 5.32 Å². The second kappa shape index (κ2) is 6.53. The molecule has 1 unspecified atom stereocenters. The second-order valence-electron chi connectivity index (χ2n) is 5.47. The molecular formula is C16H23F2NO. The van der Waals surface area contributed by atoms with Gasteiger partial charge in [0, 0.05) is 24.4 Å². The molecule has 0 aliphatic heterocycles. The van der Waals surface area contributed by atoms with Gasteiger partial charge in [-0.1, -0.05) is 25.1 Å². The summed E-state index contributed by atoms with van der Waals surface area (Å²) in [6.45, 7) is 2.86. The first-order valence-corrected chi connectivity index (χ1v) is 7.31. The smallest absolute Gasteiger partial charge is 0.248 e. The van der Waals surface area contributed by atoms with Crippen LogP contribution in [0.3, 0.4) is 0 Å². The van der Waals surface area contributed by atoms with Crippen molar-refractivity contribution in [1.29, 1.82) is 0 Å². The van der Waals surface area contributed by atoms with Crippen molar-refractivity contribution >= 4 is 0 Å². The minimum Gasteiger partial charge on any atom is -0.496 e. The highest BCUT2D eigenvalue weighted by molar-refractivity contribution is 5.36. The highest BCUT2D eigenvalue weighted by Crippen LogP contribution is 2.42. The molecule has 0 aromatic heterocycles. The summed E-state index contributed by atoms with van der Waals surface area (Å²) >= 11 is 0. The molecule has 0 amide bonds. The van der Waals surface area contributed by atoms with Gasteiger partial charge in [-0.15, -0.1) is 0 Å². The van der Waals surface area contributed by atoms with E-state index in [0.29, 0.717) is 12.8 Å². The Bertz CT molecular complexity index is 426. The van der Waals surface area contributed by atoms with Crippen LogP contribution in [0.4, 0.5) is 8.78 Å². The van der Waals surface area contributed by atoms with Crippen molar-refractivity contribution < 1.29 is 13.5 Å². The Labute approximate surface area is 119 Å². The maximum atomic E-state index is 13.3. The summed E-state index contributed by atoms with van der Waals surface area (Å²) in [5, 5.41) is 3.45. The van der Waals surface area contributed by atoms with E-state index < -0.39 is 5.92 Å². The van der Waals surface area contributed by atoms with Crippen LogP contribution in [0.2, 0.25) is 0 Å². The molecule has 1 aliphatic rings. The third-order valence-corrected chi connectivity index (χ3v) is 4.13. The van der Waals surface area contributed by atoms with Crippen LogP contribution in [0.1, 0.15) is 44.2 Å². The topological polar surface area (TPSA) is 21.3 Å². The zero-order valence-electron chi connectivity index (χ0n) is 12.2. The normalized spacial score (nSPS) is 20.6. The first kappa shape index (κ1) is 15.2. The van der Waals surface area contributed by atoms with Gasteiger partial charge in [-0.25, -0.2) is 8.78 Å². The fraction of sp³-hybridized carbons (Fsp3) is 0.625. The van der Waals surface area contributed by atoms with Gasteiger partial charge in [0.2, 0.25) is 5.92 Å². The SMILES string of the molecule is CCNC(c1ccccc1OC)C1CCC(F)(F)CC1. The molecule has 0 spiro atoms. The summed E-state index contributed by atoms with van der Waals surface area (Å²) in [7, 11) is 1.65. The van der Waals surface area contributed by atoms with E-state index in [1.807, 2.05) is 31.2 Å². The van der Waals surface area contributed by atoms with Crippen molar-refractivity contribution in [2.24, 2.45) is 5.92 Å². The summed E-state index contributed by atoms with van der Waals surface area (Å²) in [5.74, 6) is -1.41. The van der Waals surface area contributed by atoms with Gasteiger partial charge in [-0.2, -0.15) is 0 Å². The lowest BCUT2D eigenvalue weighted by Crippen LogP contribution is -2.34. The van der Waals surface area contributed by atoms with Crippen molar-refractivity contribution in [3.63, 3.8) is 0 Å². The van der Waals surface area contributed by atoms with Gasteiger partial charge in [-0.3, -0.25) is 0 Å². The average Bonchev–Trinajstić information content (AvgIpc) is 2.45. The predicted octanol–water partition coefficient (Wildman–Crippen LogP) is 4.17. The highest BCUT2D eigenvalue weighted by atomic mass is 19.3. The Morgan fingerprint density at radius 3 is 2.55 bits per heavy atom. The average molecular weight is 283 g/mol. The lowest BCUT2D eigenvalue weighted by Gasteiger charge is -2.35. The zero-order chi connectivity index (χ0) is 14.6. The molecule has 1 saturated carbocycles. The minimum absolute atomic E-state index is 0.00525. The van der Waals surface area contributed by atoms with E-state index >= 15 is 0 Å². The number of methoxy groups -OCH3 is 1. The van der Waals surface area contributed by atoms with Gasteiger partial charge in [0.1, 0.15) is 5.75 Å². The number of hydrogen-bond acceptors (Lipinski definition) is 2. The number of hydrogen-bond donors (Lipinski definition) is 1. The van der Waals surface area contributed by atoms with Crippen LogP contribution in [-0.2, 0) is 0 Å². The molecule has 1 atom stereocenters. The zero-order valence-corrected chi connectivity index (χ0v) is 12.2. The summed E-state index contributed by atoms with van der Waals surface area (Å²) in [5.41, 5.74) is 1.08. The third-order valence-electron chi connectivity index (χ3n) is 4.13. The Morgan fingerprint density at radius 2 is 1.95 bits per heavy atom. The number of halogens is 2. The first-order chi connectivity index (χ1) is 9.57. The predicted molar refractivity (Wildman–Crippen MR) is 76.3 cm³/mol. The molecule has 0 bridgehead atoms. The van der Waals surface area contributed by atoms with E-state index in [0.717, 1.165) is 17.9 Å². The molecule has 1 aliphatic carbocycles. The molecule has 4 heteroatoms. The van der Waals surface area contributed by atoms with Crippen LogP contribution in [-0.4, -0.2) is 19.6 Å². The van der Waals surface area contributed by atoms with Crippen LogP contribution >= 0.6 is 0 Å². The van der Waals surface area contributed by atoms with E-state index in [1.54, 1.807) is 7.11 Å². The van der Waals surface area contributed by atoms with Crippen molar-refractivity contribution in [2.75, 3.05) is 13.7 Å². The van der Waals surface area contributed by atoms with Gasteiger partial charge < -0.3 is 10.1 Å². The molecule has 1 fully saturated rings. The Morgan fingerprint density at radius 1 is 1.30 bits per heavy atom. The molecule has 1 aromatic carbocycles. The van der Waals surface area contributed by atoms with Gasteiger partial charge in [-0.05, 0) is 31.4 Å². The molecule has 20 heavy (non-hydrogen) atoms. The lowest BCUT2D eigenvalue weighted by molar-refractivity contribution is -0.0497. The van der Waals surface area contributed by atoms with Gasteiger partial charge in [0.05, 0.1) is 7.11 Å². The van der Waals surface area contributed by atoms with E-state index in [-0.39, 0.29) is 24.8 Å². The molecule has 0 radical (unpaired) electrons. The maximum absolute atomic E-state index is 13.3. The van der Waals surface area contributed by atoms with Crippen molar-refractivity contribution in [3.8, 4) is 5.75 Å². The van der Waals surface area contributed by atoms with Gasteiger partial charge in [0.15, 0.2) is 0 Å². The number of alkyl halides is 2. The van der Waals surface area contributed by atoms with Crippen molar-refractivity contribution in [3.05, 3.63) is 29.8 Å². The standard InChI is InChI=1S/C16H23F2NO/c1-3-19-15(12-8-10-16(17,18)11-9-12)13-6-4-5-7-14(13)20-2/h4-7,12,15,19H,3,8-11H2,1-2H3. The summed E-state index contributed by atoms with van der Waals surface area (Å²) in [4.78, 5) is 0. The molecule has 1 N–H and O–H groups in total. The van der Waals surface area contributed by atoms with E-state index in [4.69, 9.17) is 4.74 Å². The Hall–Kier alpha value is -1.16. The minimum atomic E-state index is -2.48. The van der Waals surface area contributed by atoms with Crippen LogP contribution in [0.15, 0.2) is 24.3 Å². The Balaban J connectivity index is 2.19. The van der Waals surface area contributed by atoms with Gasteiger partial charge >= 0.3 is 0 Å². The lowest BCUT2D eigenvalue weighted by atomic mass is 9.79. The number of benzene rings is 1. The fourth-order valence-electron chi connectivity index (χ4n) is 3.07.